The Balaban J connectivity index is 2.02. The second-order valence-electron chi connectivity index (χ2n) is 6.99. The summed E-state index contributed by atoms with van der Waals surface area (Å²) in [5.74, 6) is 1.74. The molecule has 6 nitrogen and oxygen atoms in total. The molecule has 0 saturated heterocycles. The fourth-order valence-corrected chi connectivity index (χ4v) is 3.05. The number of carbonyl (C=O) groups excluding carboxylic acids is 1. The maximum Gasteiger partial charge on any atom is 0.230 e. The molecule has 140 valence electrons. The van der Waals surface area contributed by atoms with Crippen molar-refractivity contribution in [3.05, 3.63) is 48.3 Å². The van der Waals surface area contributed by atoms with E-state index in [0.29, 0.717) is 24.1 Å². The summed E-state index contributed by atoms with van der Waals surface area (Å²) in [6.45, 7) is 12.5. The molecule has 7 heteroatoms. The molecule has 0 saturated carbocycles. The van der Waals surface area contributed by atoms with Gasteiger partial charge in [-0.05, 0) is 45.4 Å². The van der Waals surface area contributed by atoms with Crippen molar-refractivity contribution in [1.82, 2.24) is 20.1 Å². The lowest BCUT2D eigenvalue weighted by atomic mass is 10.1. The molecule has 2 aromatic rings. The number of hydrogen-bond donors (Lipinski definition) is 1. The minimum Gasteiger partial charge on any atom is -0.486 e. The number of amides is 1. The van der Waals surface area contributed by atoms with Gasteiger partial charge in [0.15, 0.2) is 11.0 Å². The fraction of sp³-hybridized carbons (Fsp3) is 0.421. The molecule has 1 amide bonds. The molecule has 0 unspecified atom stereocenters. The first-order chi connectivity index (χ1) is 12.3. The van der Waals surface area contributed by atoms with Crippen LogP contribution in [0.25, 0.3) is 0 Å². The number of nitrogens with zero attached hydrogens (tertiary/aromatic N) is 3. The van der Waals surface area contributed by atoms with Crippen LogP contribution >= 0.6 is 11.8 Å². The van der Waals surface area contributed by atoms with Crippen molar-refractivity contribution in [1.29, 1.82) is 0 Å². The molecule has 1 aromatic heterocycles. The van der Waals surface area contributed by atoms with Gasteiger partial charge in [-0.3, -0.25) is 9.36 Å². The summed E-state index contributed by atoms with van der Waals surface area (Å²) in [4.78, 5) is 12.0. The van der Waals surface area contributed by atoms with Crippen molar-refractivity contribution in [2.45, 2.75) is 51.5 Å². The quantitative estimate of drug-likeness (QED) is 0.567. The first-order valence-corrected chi connectivity index (χ1v) is 9.43. The molecule has 26 heavy (non-hydrogen) atoms. The molecule has 0 aliphatic rings. The number of aryl methyl sites for hydroxylation is 1. The van der Waals surface area contributed by atoms with Gasteiger partial charge in [0, 0.05) is 12.1 Å². The van der Waals surface area contributed by atoms with E-state index in [9.17, 15) is 4.79 Å². The number of hydrogen-bond acceptors (Lipinski definition) is 5. The summed E-state index contributed by atoms with van der Waals surface area (Å²) in [7, 11) is 0. The zero-order valence-corrected chi connectivity index (χ0v) is 16.6. The largest absolute Gasteiger partial charge is 0.486 e. The Kier molecular flexibility index (Phi) is 6.85. The number of benzene rings is 1. The standard InChI is InChI=1S/C19H26N4O2S/c1-6-10-23-16(12-25-15-9-7-8-14(2)11-15)21-22-18(23)26-13-17(24)20-19(3,4)5/h6-9,11H,1,10,12-13H2,2-5H3,(H,20,24). The van der Waals surface area contributed by atoms with Crippen LogP contribution in [0.1, 0.15) is 32.2 Å². The van der Waals surface area contributed by atoms with Gasteiger partial charge in [0.25, 0.3) is 0 Å². The fourth-order valence-electron chi connectivity index (χ4n) is 2.28. The minimum absolute atomic E-state index is 0.0341. The highest BCUT2D eigenvalue weighted by Gasteiger charge is 2.17. The molecule has 0 aliphatic heterocycles. The van der Waals surface area contributed by atoms with E-state index in [0.717, 1.165) is 11.3 Å². The molecular weight excluding hydrogens is 348 g/mol. The molecule has 0 aliphatic carbocycles. The van der Waals surface area contributed by atoms with Crippen molar-refractivity contribution < 1.29 is 9.53 Å². The monoisotopic (exact) mass is 374 g/mol. The topological polar surface area (TPSA) is 69.0 Å². The van der Waals surface area contributed by atoms with Crippen LogP contribution in [-0.2, 0) is 17.9 Å². The number of ether oxygens (including phenoxy) is 1. The van der Waals surface area contributed by atoms with E-state index < -0.39 is 0 Å². The van der Waals surface area contributed by atoms with E-state index in [4.69, 9.17) is 4.74 Å². The predicted octanol–water partition coefficient (Wildman–Crippen LogP) is 3.36. The predicted molar refractivity (Wildman–Crippen MR) is 104 cm³/mol. The van der Waals surface area contributed by atoms with Crippen LogP contribution in [0.4, 0.5) is 0 Å². The van der Waals surface area contributed by atoms with Gasteiger partial charge in [-0.2, -0.15) is 0 Å². The third-order valence-electron chi connectivity index (χ3n) is 3.31. The van der Waals surface area contributed by atoms with Crippen LogP contribution in [-0.4, -0.2) is 32.0 Å². The first kappa shape index (κ1) is 20.0. The van der Waals surface area contributed by atoms with Gasteiger partial charge in [0.1, 0.15) is 12.4 Å². The van der Waals surface area contributed by atoms with Gasteiger partial charge < -0.3 is 10.1 Å². The van der Waals surface area contributed by atoms with Crippen LogP contribution in [0.2, 0.25) is 0 Å². The van der Waals surface area contributed by atoms with E-state index in [1.165, 1.54) is 11.8 Å². The smallest absolute Gasteiger partial charge is 0.230 e. The van der Waals surface area contributed by atoms with Crippen molar-refractivity contribution in [2.75, 3.05) is 5.75 Å². The number of allylic oxidation sites excluding steroid dienone is 1. The van der Waals surface area contributed by atoms with E-state index in [-0.39, 0.29) is 17.2 Å². The average Bonchev–Trinajstić information content (AvgIpc) is 2.92. The van der Waals surface area contributed by atoms with E-state index >= 15 is 0 Å². The Morgan fingerprint density at radius 3 is 2.81 bits per heavy atom. The van der Waals surface area contributed by atoms with Gasteiger partial charge in [-0.25, -0.2) is 0 Å². The maximum absolute atomic E-state index is 12.0. The van der Waals surface area contributed by atoms with Gasteiger partial charge in [-0.15, -0.1) is 16.8 Å². The lowest BCUT2D eigenvalue weighted by Gasteiger charge is -2.20. The van der Waals surface area contributed by atoms with Crippen molar-refractivity contribution in [3.63, 3.8) is 0 Å². The van der Waals surface area contributed by atoms with E-state index in [1.54, 1.807) is 6.08 Å². The molecule has 0 spiro atoms. The second-order valence-corrected chi connectivity index (χ2v) is 7.93. The van der Waals surface area contributed by atoms with Crippen molar-refractivity contribution in [2.24, 2.45) is 0 Å². The van der Waals surface area contributed by atoms with Crippen molar-refractivity contribution in [3.8, 4) is 5.75 Å². The number of aromatic nitrogens is 3. The minimum atomic E-state index is -0.251. The molecular formula is C19H26N4O2S. The molecule has 0 bridgehead atoms. The Bertz CT molecular complexity index is 765. The lowest BCUT2D eigenvalue weighted by molar-refractivity contribution is -0.119. The highest BCUT2D eigenvalue weighted by Crippen LogP contribution is 2.19. The first-order valence-electron chi connectivity index (χ1n) is 8.45. The molecule has 1 aromatic carbocycles. The zero-order chi connectivity index (χ0) is 19.2. The molecule has 2 rings (SSSR count). The number of rotatable bonds is 8. The molecule has 0 atom stereocenters. The number of carbonyl (C=O) groups is 1. The molecule has 1 heterocycles. The summed E-state index contributed by atoms with van der Waals surface area (Å²) in [6.07, 6.45) is 1.78. The third kappa shape index (κ3) is 6.22. The van der Waals surface area contributed by atoms with Gasteiger partial charge in [0.2, 0.25) is 5.91 Å². The summed E-state index contributed by atoms with van der Waals surface area (Å²) < 4.78 is 7.73. The van der Waals surface area contributed by atoms with Gasteiger partial charge in [-0.1, -0.05) is 30.0 Å². The van der Waals surface area contributed by atoms with Crippen LogP contribution in [0.15, 0.2) is 42.1 Å². The normalized spacial score (nSPS) is 11.2. The molecule has 0 radical (unpaired) electrons. The van der Waals surface area contributed by atoms with E-state index in [2.05, 4.69) is 22.1 Å². The highest BCUT2D eigenvalue weighted by atomic mass is 32.2. The summed E-state index contributed by atoms with van der Waals surface area (Å²) in [5.41, 5.74) is 0.885. The lowest BCUT2D eigenvalue weighted by Crippen LogP contribution is -2.41. The Hall–Kier alpha value is -2.28. The van der Waals surface area contributed by atoms with Gasteiger partial charge >= 0.3 is 0 Å². The van der Waals surface area contributed by atoms with Crippen LogP contribution in [0, 0.1) is 6.92 Å². The van der Waals surface area contributed by atoms with Crippen molar-refractivity contribution >= 4 is 17.7 Å². The maximum atomic E-state index is 12.0. The second kappa shape index (κ2) is 8.89. The SMILES string of the molecule is C=CCn1c(COc2cccc(C)c2)nnc1SCC(=O)NC(C)(C)C. The number of nitrogens with one attached hydrogen (secondary N) is 1. The Labute approximate surface area is 159 Å². The Morgan fingerprint density at radius 1 is 1.38 bits per heavy atom. The summed E-state index contributed by atoms with van der Waals surface area (Å²) in [6, 6.07) is 7.85. The zero-order valence-electron chi connectivity index (χ0n) is 15.8. The van der Waals surface area contributed by atoms with Crippen LogP contribution in [0.3, 0.4) is 0 Å². The van der Waals surface area contributed by atoms with E-state index in [1.807, 2.05) is 56.5 Å². The van der Waals surface area contributed by atoms with Crippen LogP contribution in [0.5, 0.6) is 5.75 Å². The van der Waals surface area contributed by atoms with Crippen LogP contribution < -0.4 is 10.1 Å². The third-order valence-corrected chi connectivity index (χ3v) is 4.28. The van der Waals surface area contributed by atoms with Gasteiger partial charge in [0.05, 0.1) is 5.75 Å². The molecule has 1 N–H and O–H groups in total. The average molecular weight is 375 g/mol. The Morgan fingerprint density at radius 2 is 2.15 bits per heavy atom. The number of thioether (sulfide) groups is 1. The highest BCUT2D eigenvalue weighted by molar-refractivity contribution is 7.99. The summed E-state index contributed by atoms with van der Waals surface area (Å²) >= 11 is 1.35. The summed E-state index contributed by atoms with van der Waals surface area (Å²) in [5, 5.41) is 12.0. The molecule has 0 fully saturated rings.